The predicted octanol–water partition coefficient (Wildman–Crippen LogP) is 2.70. The molecule has 94 valence electrons. The summed E-state index contributed by atoms with van der Waals surface area (Å²) < 4.78 is 27.0. The van der Waals surface area contributed by atoms with Crippen LogP contribution in [-0.2, 0) is 0 Å². The van der Waals surface area contributed by atoms with E-state index in [4.69, 9.17) is 5.73 Å². The van der Waals surface area contributed by atoms with Crippen molar-refractivity contribution in [2.45, 2.75) is 13.8 Å². The lowest BCUT2D eigenvalue weighted by molar-refractivity contribution is 0.595. The number of benzene rings is 1. The first kappa shape index (κ1) is 12.2. The number of nitrogens with zero attached hydrogens (tertiary/aromatic N) is 2. The van der Waals surface area contributed by atoms with Crippen molar-refractivity contribution in [2.24, 2.45) is 0 Å². The molecule has 18 heavy (non-hydrogen) atoms. The fraction of sp³-hybridized carbons (Fsp3) is 0.167. The Balaban J connectivity index is 2.40. The Kier molecular flexibility index (Phi) is 3.10. The largest absolute Gasteiger partial charge is 0.383 e. The molecule has 1 heterocycles. The number of nitrogens with two attached hydrogens (primary N) is 1. The average Bonchev–Trinajstić information content (AvgIpc) is 2.32. The maximum Gasteiger partial charge on any atom is 0.147 e. The third-order valence-corrected chi connectivity index (χ3v) is 2.62. The third kappa shape index (κ3) is 2.22. The number of hydrogen-bond acceptors (Lipinski definition) is 4. The van der Waals surface area contributed by atoms with Gasteiger partial charge in [-0.3, -0.25) is 0 Å². The summed E-state index contributed by atoms with van der Waals surface area (Å²) in [5.41, 5.74) is 6.45. The number of nitrogens with one attached hydrogen (secondary N) is 1. The molecule has 0 saturated heterocycles. The number of anilines is 3. The number of rotatable bonds is 2. The summed E-state index contributed by atoms with van der Waals surface area (Å²) in [5.74, 6) is -0.394. The fourth-order valence-corrected chi connectivity index (χ4v) is 1.46. The topological polar surface area (TPSA) is 63.8 Å². The Bertz CT molecular complexity index is 599. The Labute approximate surface area is 103 Å². The van der Waals surface area contributed by atoms with Gasteiger partial charge < -0.3 is 11.1 Å². The molecular formula is C12H12F2N4. The zero-order valence-corrected chi connectivity index (χ0v) is 9.96. The van der Waals surface area contributed by atoms with Crippen molar-refractivity contribution >= 4 is 17.3 Å². The smallest absolute Gasteiger partial charge is 0.147 e. The molecule has 0 atom stereocenters. The molecule has 0 amide bonds. The van der Waals surface area contributed by atoms with E-state index in [9.17, 15) is 8.78 Å². The van der Waals surface area contributed by atoms with Gasteiger partial charge in [0.25, 0.3) is 0 Å². The standard InChI is InChI=1S/C12H12F2N4/c1-6-3-9(14)10(4-8(6)13)18-12-7(2)11(15)16-5-17-12/h3-5H,1-2H3,(H3,15,16,17,18). The molecule has 1 aromatic carbocycles. The van der Waals surface area contributed by atoms with Crippen molar-refractivity contribution in [3.05, 3.63) is 41.2 Å². The molecule has 2 rings (SSSR count). The van der Waals surface area contributed by atoms with Crippen LogP contribution in [-0.4, -0.2) is 9.97 Å². The van der Waals surface area contributed by atoms with E-state index in [0.717, 1.165) is 12.1 Å². The zero-order valence-electron chi connectivity index (χ0n) is 9.96. The fourth-order valence-electron chi connectivity index (χ4n) is 1.46. The molecule has 2 aromatic rings. The number of nitrogen functional groups attached to an aromatic ring is 1. The second-order valence-corrected chi connectivity index (χ2v) is 3.94. The van der Waals surface area contributed by atoms with Crippen molar-refractivity contribution in [3.63, 3.8) is 0 Å². The van der Waals surface area contributed by atoms with Crippen molar-refractivity contribution in [1.29, 1.82) is 0 Å². The minimum atomic E-state index is -0.550. The van der Waals surface area contributed by atoms with E-state index in [1.165, 1.54) is 13.3 Å². The van der Waals surface area contributed by atoms with Crippen LogP contribution >= 0.6 is 0 Å². The molecule has 0 aliphatic carbocycles. The molecule has 0 saturated carbocycles. The molecule has 3 N–H and O–H groups in total. The van der Waals surface area contributed by atoms with Crippen LogP contribution < -0.4 is 11.1 Å². The molecule has 0 bridgehead atoms. The van der Waals surface area contributed by atoms with E-state index < -0.39 is 11.6 Å². The van der Waals surface area contributed by atoms with Gasteiger partial charge in [-0.05, 0) is 25.5 Å². The van der Waals surface area contributed by atoms with Gasteiger partial charge in [-0.1, -0.05) is 0 Å². The van der Waals surface area contributed by atoms with Gasteiger partial charge in [-0.2, -0.15) is 0 Å². The number of halogens is 2. The van der Waals surface area contributed by atoms with Crippen LogP contribution in [0.15, 0.2) is 18.5 Å². The summed E-state index contributed by atoms with van der Waals surface area (Å²) in [5, 5.41) is 2.70. The quantitative estimate of drug-likeness (QED) is 0.860. The molecular weight excluding hydrogens is 238 g/mol. The maximum absolute atomic E-state index is 13.6. The van der Waals surface area contributed by atoms with Crippen LogP contribution in [0.25, 0.3) is 0 Å². The molecule has 6 heteroatoms. The normalized spacial score (nSPS) is 10.4. The SMILES string of the molecule is Cc1cc(F)c(Nc2ncnc(N)c2C)cc1F. The van der Waals surface area contributed by atoms with Gasteiger partial charge in [-0.25, -0.2) is 18.7 Å². The number of hydrogen-bond donors (Lipinski definition) is 2. The first-order chi connectivity index (χ1) is 8.49. The molecule has 0 aliphatic heterocycles. The van der Waals surface area contributed by atoms with Gasteiger partial charge in [0.2, 0.25) is 0 Å². The predicted molar refractivity (Wildman–Crippen MR) is 65.6 cm³/mol. The number of aryl methyl sites for hydroxylation is 1. The van der Waals surface area contributed by atoms with Gasteiger partial charge in [0.05, 0.1) is 5.69 Å². The molecule has 4 nitrogen and oxygen atoms in total. The van der Waals surface area contributed by atoms with E-state index >= 15 is 0 Å². The summed E-state index contributed by atoms with van der Waals surface area (Å²) in [6, 6.07) is 2.21. The van der Waals surface area contributed by atoms with Crippen molar-refractivity contribution in [2.75, 3.05) is 11.1 Å². The van der Waals surface area contributed by atoms with E-state index in [2.05, 4.69) is 15.3 Å². The first-order valence-corrected chi connectivity index (χ1v) is 5.28. The Morgan fingerprint density at radius 3 is 2.56 bits per heavy atom. The third-order valence-electron chi connectivity index (χ3n) is 2.62. The average molecular weight is 250 g/mol. The van der Waals surface area contributed by atoms with E-state index in [-0.39, 0.29) is 11.3 Å². The molecule has 0 unspecified atom stereocenters. The minimum Gasteiger partial charge on any atom is -0.383 e. The van der Waals surface area contributed by atoms with Crippen molar-refractivity contribution in [1.82, 2.24) is 9.97 Å². The van der Waals surface area contributed by atoms with E-state index in [1.807, 2.05) is 0 Å². The summed E-state index contributed by atoms with van der Waals surface area (Å²) in [6.07, 6.45) is 1.26. The molecule has 0 spiro atoms. The van der Waals surface area contributed by atoms with Gasteiger partial charge in [0.15, 0.2) is 0 Å². The van der Waals surface area contributed by atoms with Crippen LogP contribution in [0.1, 0.15) is 11.1 Å². The maximum atomic E-state index is 13.6. The molecule has 0 aliphatic rings. The van der Waals surface area contributed by atoms with Crippen molar-refractivity contribution in [3.8, 4) is 0 Å². The monoisotopic (exact) mass is 250 g/mol. The zero-order chi connectivity index (χ0) is 13.3. The van der Waals surface area contributed by atoms with Gasteiger partial charge in [0.1, 0.15) is 29.6 Å². The molecule has 1 aromatic heterocycles. The lowest BCUT2D eigenvalue weighted by atomic mass is 10.2. The Hall–Kier alpha value is -2.24. The summed E-state index contributed by atoms with van der Waals surface area (Å²) in [6.45, 7) is 3.19. The van der Waals surface area contributed by atoms with E-state index in [1.54, 1.807) is 6.92 Å². The minimum absolute atomic E-state index is 0.0132. The van der Waals surface area contributed by atoms with Gasteiger partial charge in [0, 0.05) is 11.6 Å². The highest BCUT2D eigenvalue weighted by Gasteiger charge is 2.10. The Morgan fingerprint density at radius 1 is 1.11 bits per heavy atom. The van der Waals surface area contributed by atoms with Crippen molar-refractivity contribution < 1.29 is 8.78 Å². The molecule has 0 fully saturated rings. The van der Waals surface area contributed by atoms with E-state index in [0.29, 0.717) is 17.2 Å². The lowest BCUT2D eigenvalue weighted by Gasteiger charge is -2.11. The second kappa shape index (κ2) is 4.56. The summed E-state index contributed by atoms with van der Waals surface area (Å²) >= 11 is 0. The van der Waals surface area contributed by atoms with Crippen LogP contribution in [0, 0.1) is 25.5 Å². The summed E-state index contributed by atoms with van der Waals surface area (Å²) in [4.78, 5) is 7.73. The highest BCUT2D eigenvalue weighted by Crippen LogP contribution is 2.24. The molecule has 0 radical (unpaired) electrons. The number of aromatic nitrogens is 2. The van der Waals surface area contributed by atoms with Crippen LogP contribution in [0.5, 0.6) is 0 Å². The van der Waals surface area contributed by atoms with Gasteiger partial charge in [-0.15, -0.1) is 0 Å². The van der Waals surface area contributed by atoms with Crippen LogP contribution in [0.3, 0.4) is 0 Å². The highest BCUT2D eigenvalue weighted by molar-refractivity contribution is 5.63. The first-order valence-electron chi connectivity index (χ1n) is 5.28. The summed E-state index contributed by atoms with van der Waals surface area (Å²) in [7, 11) is 0. The van der Waals surface area contributed by atoms with Gasteiger partial charge >= 0.3 is 0 Å². The Morgan fingerprint density at radius 2 is 1.83 bits per heavy atom. The van der Waals surface area contributed by atoms with Crippen LogP contribution in [0.4, 0.5) is 26.1 Å². The highest BCUT2D eigenvalue weighted by atomic mass is 19.1. The second-order valence-electron chi connectivity index (χ2n) is 3.94. The lowest BCUT2D eigenvalue weighted by Crippen LogP contribution is -2.03. The van der Waals surface area contributed by atoms with Crippen LogP contribution in [0.2, 0.25) is 0 Å².